The average molecular weight is 446 g/mol. The minimum Gasteiger partial charge on any atom is -0.506 e. The smallest absolute Gasteiger partial charge is 0.260 e. The van der Waals surface area contributed by atoms with Gasteiger partial charge < -0.3 is 15.4 Å². The number of fused-ring (bicyclic) bond motifs is 1. The van der Waals surface area contributed by atoms with Crippen molar-refractivity contribution in [3.8, 4) is 17.3 Å². The quantitative estimate of drug-likeness (QED) is 0.316. The maximum Gasteiger partial charge on any atom is 0.260 e. The van der Waals surface area contributed by atoms with Gasteiger partial charge >= 0.3 is 0 Å². The number of para-hydroxylation sites is 2. The highest BCUT2D eigenvalue weighted by Gasteiger charge is 2.20. The van der Waals surface area contributed by atoms with E-state index < -0.39 is 5.91 Å². The van der Waals surface area contributed by atoms with E-state index in [0.717, 1.165) is 0 Å². The van der Waals surface area contributed by atoms with E-state index in [1.54, 1.807) is 16.7 Å². The predicted octanol–water partition coefficient (Wildman–Crippen LogP) is 2.83. The van der Waals surface area contributed by atoms with Crippen molar-refractivity contribution in [1.82, 2.24) is 25.3 Å². The van der Waals surface area contributed by atoms with Crippen LogP contribution in [0, 0.1) is 0 Å². The summed E-state index contributed by atoms with van der Waals surface area (Å²) in [5.74, 6) is -0.277. The molecular formula is C18H13Cl2N7O3. The lowest BCUT2D eigenvalue weighted by molar-refractivity contribution is -0.121. The number of benzene rings is 2. The Bertz CT molecular complexity index is 1280. The molecule has 0 spiro atoms. The molecule has 0 saturated carbocycles. The molecule has 0 unspecified atom stereocenters. The number of phenols is 1. The maximum absolute atomic E-state index is 12.5. The van der Waals surface area contributed by atoms with Gasteiger partial charge in [0.1, 0.15) is 12.3 Å². The first-order valence-corrected chi connectivity index (χ1v) is 9.23. The zero-order valence-corrected chi connectivity index (χ0v) is 16.6. The monoisotopic (exact) mass is 445 g/mol. The number of amides is 1. The predicted molar refractivity (Wildman–Crippen MR) is 111 cm³/mol. The number of nitrogen functional groups attached to an aromatic ring is 1. The van der Waals surface area contributed by atoms with Crippen LogP contribution in [0.1, 0.15) is 5.56 Å². The van der Waals surface area contributed by atoms with E-state index in [0.29, 0.717) is 21.9 Å². The van der Waals surface area contributed by atoms with Crippen molar-refractivity contribution in [3.63, 3.8) is 0 Å². The number of hydrogen-bond donors (Lipinski definition) is 3. The molecule has 0 radical (unpaired) electrons. The van der Waals surface area contributed by atoms with Crippen LogP contribution in [0.15, 0.2) is 46.1 Å². The molecule has 4 N–H and O–H groups in total. The van der Waals surface area contributed by atoms with Gasteiger partial charge in [-0.1, -0.05) is 35.3 Å². The highest BCUT2D eigenvalue weighted by atomic mass is 35.5. The number of imidazole rings is 1. The number of hydrazone groups is 1. The summed E-state index contributed by atoms with van der Waals surface area (Å²) < 4.78 is 6.27. The Morgan fingerprint density at radius 2 is 2.10 bits per heavy atom. The van der Waals surface area contributed by atoms with Gasteiger partial charge in [0.15, 0.2) is 17.3 Å². The summed E-state index contributed by atoms with van der Waals surface area (Å²) in [7, 11) is 0. The fraction of sp³-hybridized carbons (Fsp3) is 0.0556. The van der Waals surface area contributed by atoms with Crippen LogP contribution in [0.4, 0.5) is 5.82 Å². The molecule has 0 bridgehead atoms. The third kappa shape index (κ3) is 3.78. The third-order valence-corrected chi connectivity index (χ3v) is 4.64. The van der Waals surface area contributed by atoms with Crippen LogP contribution in [-0.4, -0.2) is 37.1 Å². The third-order valence-electron chi connectivity index (χ3n) is 4.13. The van der Waals surface area contributed by atoms with Crippen molar-refractivity contribution >= 4 is 52.2 Å². The van der Waals surface area contributed by atoms with E-state index >= 15 is 0 Å². The number of nitrogens with one attached hydrogen (secondary N) is 1. The normalized spacial score (nSPS) is 11.4. The number of aromatic nitrogens is 4. The molecule has 2 heterocycles. The molecule has 1 amide bonds. The van der Waals surface area contributed by atoms with Gasteiger partial charge in [-0.2, -0.15) is 5.10 Å². The first kappa shape index (κ1) is 19.7. The molecule has 0 aliphatic heterocycles. The van der Waals surface area contributed by atoms with Crippen molar-refractivity contribution in [1.29, 1.82) is 0 Å². The van der Waals surface area contributed by atoms with Crippen molar-refractivity contribution in [2.24, 2.45) is 5.10 Å². The van der Waals surface area contributed by atoms with Crippen LogP contribution in [0.25, 0.3) is 22.6 Å². The molecule has 0 aliphatic carbocycles. The van der Waals surface area contributed by atoms with Gasteiger partial charge in [-0.05, 0) is 34.6 Å². The Balaban J connectivity index is 1.59. The SMILES string of the molecule is Nc1nonc1-c1nc2ccccc2n1CC(=O)N/N=C/c1cc(Cl)cc(Cl)c1O. The molecule has 12 heteroatoms. The van der Waals surface area contributed by atoms with Crippen LogP contribution >= 0.6 is 23.2 Å². The standard InChI is InChI=1S/C18H13Cl2N7O3/c19-10-5-9(16(29)11(20)6-10)7-22-24-14(28)8-27-13-4-2-1-3-12(13)23-18(27)15-17(21)26-30-25-15/h1-7,29H,8H2,(H2,21,26)(H,24,28)/b22-7+. The molecule has 0 saturated heterocycles. The maximum atomic E-state index is 12.5. The second kappa shape index (κ2) is 8.01. The Hall–Kier alpha value is -3.63. The number of aromatic hydroxyl groups is 1. The Labute approximate surface area is 178 Å². The lowest BCUT2D eigenvalue weighted by Gasteiger charge is -2.07. The highest BCUT2D eigenvalue weighted by molar-refractivity contribution is 6.36. The van der Waals surface area contributed by atoms with E-state index in [2.05, 4.69) is 30.5 Å². The number of nitrogens with zero attached hydrogens (tertiary/aromatic N) is 5. The van der Waals surface area contributed by atoms with E-state index in [-0.39, 0.29) is 34.4 Å². The fourth-order valence-corrected chi connectivity index (χ4v) is 3.31. The van der Waals surface area contributed by atoms with E-state index in [1.807, 2.05) is 12.1 Å². The first-order valence-electron chi connectivity index (χ1n) is 8.47. The van der Waals surface area contributed by atoms with Crippen LogP contribution in [0.5, 0.6) is 5.75 Å². The number of phenolic OH excluding ortho intramolecular Hbond substituents is 1. The van der Waals surface area contributed by atoms with E-state index in [4.69, 9.17) is 28.9 Å². The number of nitrogens with two attached hydrogens (primary N) is 1. The zero-order chi connectivity index (χ0) is 21.3. The Kier molecular flexibility index (Phi) is 5.25. The number of carbonyl (C=O) groups excluding carboxylic acids is 1. The molecular weight excluding hydrogens is 433 g/mol. The van der Waals surface area contributed by atoms with Crippen molar-refractivity contribution in [3.05, 3.63) is 52.0 Å². The number of hydrogen-bond acceptors (Lipinski definition) is 8. The van der Waals surface area contributed by atoms with Gasteiger partial charge in [-0.15, -0.1) is 0 Å². The zero-order valence-electron chi connectivity index (χ0n) is 15.1. The first-order chi connectivity index (χ1) is 14.4. The van der Waals surface area contributed by atoms with Crippen LogP contribution < -0.4 is 11.2 Å². The Morgan fingerprint density at radius 3 is 2.87 bits per heavy atom. The molecule has 10 nitrogen and oxygen atoms in total. The summed E-state index contributed by atoms with van der Waals surface area (Å²) in [5.41, 5.74) is 9.98. The van der Waals surface area contributed by atoms with Crippen LogP contribution in [0.3, 0.4) is 0 Å². The molecule has 2 aromatic heterocycles. The molecule has 0 fully saturated rings. The minimum absolute atomic E-state index is 0.0540. The van der Waals surface area contributed by atoms with E-state index in [9.17, 15) is 9.90 Å². The van der Waals surface area contributed by atoms with Gasteiger partial charge in [0.25, 0.3) is 5.91 Å². The van der Waals surface area contributed by atoms with Crippen molar-refractivity contribution in [2.75, 3.05) is 5.73 Å². The summed E-state index contributed by atoms with van der Waals surface area (Å²) in [6.45, 7) is -0.137. The van der Waals surface area contributed by atoms with Gasteiger partial charge in [-0.3, -0.25) is 4.79 Å². The van der Waals surface area contributed by atoms with Gasteiger partial charge in [0.05, 0.1) is 22.3 Å². The molecule has 30 heavy (non-hydrogen) atoms. The number of halogens is 2. The fourth-order valence-electron chi connectivity index (χ4n) is 2.80. The number of anilines is 1. The second-order valence-electron chi connectivity index (χ2n) is 6.13. The summed E-state index contributed by atoms with van der Waals surface area (Å²) >= 11 is 11.8. The van der Waals surface area contributed by atoms with Crippen molar-refractivity contribution in [2.45, 2.75) is 6.54 Å². The molecule has 0 aliphatic rings. The minimum atomic E-state index is -0.460. The Morgan fingerprint density at radius 1 is 1.30 bits per heavy atom. The molecule has 4 rings (SSSR count). The lowest BCUT2D eigenvalue weighted by atomic mass is 10.2. The van der Waals surface area contributed by atoms with Crippen LogP contribution in [-0.2, 0) is 11.3 Å². The summed E-state index contributed by atoms with van der Waals surface area (Å²) in [6.07, 6.45) is 1.23. The van der Waals surface area contributed by atoms with Crippen molar-refractivity contribution < 1.29 is 14.5 Å². The van der Waals surface area contributed by atoms with Gasteiger partial charge in [-0.25, -0.2) is 15.0 Å². The second-order valence-corrected chi connectivity index (χ2v) is 6.97. The number of carbonyl (C=O) groups is 1. The van der Waals surface area contributed by atoms with Crippen LogP contribution in [0.2, 0.25) is 10.0 Å². The van der Waals surface area contributed by atoms with Gasteiger partial charge in [0.2, 0.25) is 0 Å². The van der Waals surface area contributed by atoms with E-state index in [1.165, 1.54) is 18.3 Å². The summed E-state index contributed by atoms with van der Waals surface area (Å²) in [5, 5.41) is 21.5. The lowest BCUT2D eigenvalue weighted by Crippen LogP contribution is -2.23. The summed E-state index contributed by atoms with van der Waals surface area (Å²) in [6, 6.07) is 10.1. The highest BCUT2D eigenvalue weighted by Crippen LogP contribution is 2.30. The topological polar surface area (TPSA) is 144 Å². The summed E-state index contributed by atoms with van der Waals surface area (Å²) in [4.78, 5) is 17.0. The largest absolute Gasteiger partial charge is 0.506 e. The average Bonchev–Trinajstić information content (AvgIpc) is 3.29. The molecule has 0 atom stereocenters. The molecule has 2 aromatic carbocycles. The molecule has 152 valence electrons. The van der Waals surface area contributed by atoms with Gasteiger partial charge in [0, 0.05) is 10.6 Å². The molecule has 4 aromatic rings. The number of rotatable bonds is 5.